The first-order valence-corrected chi connectivity index (χ1v) is 5.62. The number of hydrogen-bond acceptors (Lipinski definition) is 5. The third kappa shape index (κ3) is 3.42. The highest BCUT2D eigenvalue weighted by Crippen LogP contribution is 2.39. The molecule has 0 saturated heterocycles. The number of aliphatic hydroxyl groups excluding tert-OH is 1. The van der Waals surface area contributed by atoms with Crippen molar-refractivity contribution in [1.82, 2.24) is 15.1 Å². The van der Waals surface area contributed by atoms with Gasteiger partial charge in [-0.3, -0.25) is 4.90 Å². The third-order valence-corrected chi connectivity index (χ3v) is 2.68. The highest BCUT2D eigenvalue weighted by molar-refractivity contribution is 5.00. The number of hydrogen-bond donors (Lipinski definition) is 1. The highest BCUT2D eigenvalue weighted by Gasteiger charge is 2.38. The lowest BCUT2D eigenvalue weighted by atomic mass is 10.3. The van der Waals surface area contributed by atoms with Crippen molar-refractivity contribution in [3.63, 3.8) is 0 Å². The van der Waals surface area contributed by atoms with Crippen molar-refractivity contribution in [2.24, 2.45) is 0 Å². The Morgan fingerprint density at radius 2 is 2.11 bits per heavy atom. The molecule has 102 valence electrons. The van der Waals surface area contributed by atoms with E-state index in [1.165, 1.54) is 11.9 Å². The summed E-state index contributed by atoms with van der Waals surface area (Å²) in [5.74, 6) is 1.14. The number of halogens is 3. The van der Waals surface area contributed by atoms with Gasteiger partial charge in [0.1, 0.15) is 0 Å². The van der Waals surface area contributed by atoms with Crippen LogP contribution in [0.3, 0.4) is 0 Å². The number of aliphatic hydroxyl groups is 1. The van der Waals surface area contributed by atoms with Crippen LogP contribution in [0, 0.1) is 0 Å². The summed E-state index contributed by atoms with van der Waals surface area (Å²) in [6.07, 6.45) is -4.94. The van der Waals surface area contributed by atoms with Crippen LogP contribution in [0.15, 0.2) is 4.42 Å². The Bertz CT molecular complexity index is 403. The van der Waals surface area contributed by atoms with Crippen LogP contribution in [0.25, 0.3) is 0 Å². The van der Waals surface area contributed by atoms with E-state index in [-0.39, 0.29) is 12.4 Å². The molecule has 1 saturated carbocycles. The van der Waals surface area contributed by atoms with Crippen LogP contribution in [0.4, 0.5) is 13.2 Å². The maximum absolute atomic E-state index is 12.1. The van der Waals surface area contributed by atoms with E-state index < -0.39 is 18.8 Å². The average Bonchev–Trinajstić information content (AvgIpc) is 2.99. The van der Waals surface area contributed by atoms with Crippen LogP contribution in [0.1, 0.15) is 30.5 Å². The Kier molecular flexibility index (Phi) is 3.58. The van der Waals surface area contributed by atoms with E-state index in [1.807, 2.05) is 0 Å². The molecule has 0 spiro atoms. The van der Waals surface area contributed by atoms with E-state index in [0.717, 1.165) is 12.8 Å². The molecule has 1 aromatic heterocycles. The van der Waals surface area contributed by atoms with Gasteiger partial charge in [-0.05, 0) is 19.9 Å². The Labute approximate surface area is 102 Å². The molecule has 2 rings (SSSR count). The summed E-state index contributed by atoms with van der Waals surface area (Å²) in [5.41, 5.74) is 0. The molecule has 18 heavy (non-hydrogen) atoms. The highest BCUT2D eigenvalue weighted by atomic mass is 19.4. The first-order valence-electron chi connectivity index (χ1n) is 5.62. The molecule has 1 heterocycles. The van der Waals surface area contributed by atoms with Gasteiger partial charge in [-0.1, -0.05) is 0 Å². The number of alkyl halides is 3. The number of rotatable bonds is 5. The predicted octanol–water partition coefficient (Wildman–Crippen LogP) is 1.30. The van der Waals surface area contributed by atoms with Crippen molar-refractivity contribution in [3.05, 3.63) is 11.8 Å². The summed E-state index contributed by atoms with van der Waals surface area (Å²) in [7, 11) is 1.45. The lowest BCUT2D eigenvalue weighted by Gasteiger charge is -2.20. The van der Waals surface area contributed by atoms with Gasteiger partial charge in [0.05, 0.1) is 6.54 Å². The fraction of sp³-hybridized carbons (Fsp3) is 0.800. The molecule has 8 heteroatoms. The zero-order valence-corrected chi connectivity index (χ0v) is 9.81. The topological polar surface area (TPSA) is 62.4 Å². The van der Waals surface area contributed by atoms with Crippen molar-refractivity contribution in [2.45, 2.75) is 37.6 Å². The quantitative estimate of drug-likeness (QED) is 0.869. The van der Waals surface area contributed by atoms with E-state index in [4.69, 9.17) is 9.52 Å². The smallest absolute Gasteiger partial charge is 0.415 e. The van der Waals surface area contributed by atoms with Gasteiger partial charge in [-0.15, -0.1) is 10.2 Å². The summed E-state index contributed by atoms with van der Waals surface area (Å²) in [6, 6.07) is 0. The fourth-order valence-corrected chi connectivity index (χ4v) is 1.52. The van der Waals surface area contributed by atoms with Gasteiger partial charge in [-0.2, -0.15) is 13.2 Å². The zero-order valence-electron chi connectivity index (χ0n) is 9.81. The molecule has 1 atom stereocenters. The lowest BCUT2D eigenvalue weighted by molar-refractivity contribution is -0.207. The monoisotopic (exact) mass is 265 g/mol. The molecule has 1 aromatic rings. The molecule has 1 fully saturated rings. The molecule has 0 radical (unpaired) electrons. The molecule has 5 nitrogen and oxygen atoms in total. The summed E-state index contributed by atoms with van der Waals surface area (Å²) >= 11 is 0. The minimum atomic E-state index is -4.61. The Hall–Kier alpha value is -1.15. The van der Waals surface area contributed by atoms with E-state index in [9.17, 15) is 13.2 Å². The van der Waals surface area contributed by atoms with Crippen molar-refractivity contribution >= 4 is 0 Å². The van der Waals surface area contributed by atoms with E-state index in [2.05, 4.69) is 10.2 Å². The van der Waals surface area contributed by atoms with Crippen molar-refractivity contribution in [3.8, 4) is 0 Å². The SMILES string of the molecule is CN(Cc1nnc(C2CC2)o1)CC(O)C(F)(F)F. The molecular formula is C10H14F3N3O2. The molecule has 0 aliphatic heterocycles. The van der Waals surface area contributed by atoms with E-state index in [1.54, 1.807) is 0 Å². The minimum Gasteiger partial charge on any atom is -0.424 e. The van der Waals surface area contributed by atoms with Gasteiger partial charge in [0.15, 0.2) is 6.10 Å². The third-order valence-electron chi connectivity index (χ3n) is 2.68. The summed E-state index contributed by atoms with van der Waals surface area (Å²) in [6.45, 7) is -0.433. The molecule has 1 aliphatic carbocycles. The van der Waals surface area contributed by atoms with Gasteiger partial charge < -0.3 is 9.52 Å². The van der Waals surface area contributed by atoms with Crippen molar-refractivity contribution < 1.29 is 22.7 Å². The van der Waals surface area contributed by atoms with Gasteiger partial charge in [0.25, 0.3) is 0 Å². The van der Waals surface area contributed by atoms with E-state index in [0.29, 0.717) is 11.8 Å². The Morgan fingerprint density at radius 1 is 1.44 bits per heavy atom. The first kappa shape index (κ1) is 13.3. The summed E-state index contributed by atoms with van der Waals surface area (Å²) in [4.78, 5) is 1.29. The van der Waals surface area contributed by atoms with Gasteiger partial charge in [-0.25, -0.2) is 0 Å². The molecule has 1 unspecified atom stereocenters. The normalized spacial score (nSPS) is 18.3. The van der Waals surface area contributed by atoms with Crippen LogP contribution in [0.5, 0.6) is 0 Å². The van der Waals surface area contributed by atoms with Crippen LogP contribution in [-0.2, 0) is 6.54 Å². The zero-order chi connectivity index (χ0) is 13.3. The largest absolute Gasteiger partial charge is 0.424 e. The maximum Gasteiger partial charge on any atom is 0.415 e. The second-order valence-corrected chi connectivity index (χ2v) is 4.56. The van der Waals surface area contributed by atoms with Crippen LogP contribution >= 0.6 is 0 Å². The van der Waals surface area contributed by atoms with E-state index >= 15 is 0 Å². The standard InChI is InChI=1S/C10H14F3N3O2/c1-16(4-7(17)10(11,12)13)5-8-14-15-9(18-8)6-2-3-6/h6-7,17H,2-5H2,1H3. The molecule has 0 aromatic carbocycles. The maximum atomic E-state index is 12.1. The van der Waals surface area contributed by atoms with Crippen LogP contribution in [-0.4, -0.2) is 46.1 Å². The van der Waals surface area contributed by atoms with Gasteiger partial charge in [0.2, 0.25) is 11.8 Å². The first-order chi connectivity index (χ1) is 8.36. The van der Waals surface area contributed by atoms with Gasteiger partial charge >= 0.3 is 6.18 Å². The predicted molar refractivity (Wildman–Crippen MR) is 54.7 cm³/mol. The second kappa shape index (κ2) is 4.85. The molecule has 0 bridgehead atoms. The van der Waals surface area contributed by atoms with Crippen LogP contribution < -0.4 is 0 Å². The summed E-state index contributed by atoms with van der Waals surface area (Å²) in [5, 5.41) is 16.5. The Morgan fingerprint density at radius 3 is 2.67 bits per heavy atom. The lowest BCUT2D eigenvalue weighted by Crippen LogP contribution is -2.39. The number of likely N-dealkylation sites (N-methyl/N-ethyl adjacent to an activating group) is 1. The fourth-order valence-electron chi connectivity index (χ4n) is 1.52. The van der Waals surface area contributed by atoms with Crippen molar-refractivity contribution in [1.29, 1.82) is 0 Å². The number of aromatic nitrogens is 2. The summed E-state index contributed by atoms with van der Waals surface area (Å²) < 4.78 is 41.7. The molecular weight excluding hydrogens is 251 g/mol. The van der Waals surface area contributed by atoms with Gasteiger partial charge in [0, 0.05) is 12.5 Å². The Balaban J connectivity index is 1.84. The molecule has 1 N–H and O–H groups in total. The molecule has 0 amide bonds. The van der Waals surface area contributed by atoms with Crippen molar-refractivity contribution in [2.75, 3.05) is 13.6 Å². The molecule has 1 aliphatic rings. The second-order valence-electron chi connectivity index (χ2n) is 4.56. The average molecular weight is 265 g/mol. The van der Waals surface area contributed by atoms with Crippen LogP contribution in [0.2, 0.25) is 0 Å². The number of nitrogens with zero attached hydrogens (tertiary/aromatic N) is 3. The minimum absolute atomic E-state index is 0.0901.